The summed E-state index contributed by atoms with van der Waals surface area (Å²) in [6.07, 6.45) is 45.9. The average Bonchev–Trinajstić information content (AvgIpc) is 3.12. The largest absolute Gasteiger partial charge is 0.756 e. The number of phosphoric acid groups is 1. The van der Waals surface area contributed by atoms with Gasteiger partial charge in [0.05, 0.1) is 39.9 Å². The Morgan fingerprint density at radius 2 is 1.11 bits per heavy atom. The molecule has 54 heavy (non-hydrogen) atoms. The van der Waals surface area contributed by atoms with Crippen LogP contribution in [0, 0.1) is 0 Å². The van der Waals surface area contributed by atoms with Crippen LogP contribution < -0.4 is 10.2 Å². The number of carbonyl (C=O) groups excluding carboxylic acids is 1. The Kier molecular flexibility index (Phi) is 36.0. The van der Waals surface area contributed by atoms with Gasteiger partial charge in [0.25, 0.3) is 7.82 Å². The molecule has 0 aromatic rings. The summed E-state index contributed by atoms with van der Waals surface area (Å²) in [5, 5.41) is 13.7. The summed E-state index contributed by atoms with van der Waals surface area (Å²) in [5.74, 6) is -0.224. The lowest BCUT2D eigenvalue weighted by molar-refractivity contribution is -0.870. The van der Waals surface area contributed by atoms with Crippen molar-refractivity contribution in [3.8, 4) is 0 Å². The van der Waals surface area contributed by atoms with Gasteiger partial charge in [0.15, 0.2) is 0 Å². The Morgan fingerprint density at radius 3 is 1.67 bits per heavy atom. The molecule has 316 valence electrons. The molecule has 0 aliphatic heterocycles. The Bertz CT molecular complexity index is 1020. The molecule has 0 fully saturated rings. The van der Waals surface area contributed by atoms with Gasteiger partial charge in [-0.2, -0.15) is 0 Å². The van der Waals surface area contributed by atoms with Crippen LogP contribution in [0.5, 0.6) is 0 Å². The first kappa shape index (κ1) is 52.5. The summed E-state index contributed by atoms with van der Waals surface area (Å²) in [6, 6.07) is -0.910. The van der Waals surface area contributed by atoms with Gasteiger partial charge in [0.2, 0.25) is 5.91 Å². The Morgan fingerprint density at radius 1 is 0.648 bits per heavy atom. The molecule has 3 atom stereocenters. The number of quaternary nitrogens is 1. The number of unbranched alkanes of at least 4 members (excludes halogenated alkanes) is 20. The number of hydrogen-bond acceptors (Lipinski definition) is 6. The van der Waals surface area contributed by atoms with Gasteiger partial charge in [0.1, 0.15) is 13.2 Å². The number of rotatable bonds is 39. The van der Waals surface area contributed by atoms with Crippen molar-refractivity contribution in [1.82, 2.24) is 5.32 Å². The molecule has 0 aromatic heterocycles. The van der Waals surface area contributed by atoms with Crippen LogP contribution in [-0.2, 0) is 18.4 Å². The van der Waals surface area contributed by atoms with E-state index in [1.54, 1.807) is 6.08 Å². The molecule has 0 spiro atoms. The minimum Gasteiger partial charge on any atom is -0.756 e. The first-order chi connectivity index (χ1) is 26.0. The lowest BCUT2D eigenvalue weighted by Gasteiger charge is -2.29. The third-order valence-electron chi connectivity index (χ3n) is 9.51. The van der Waals surface area contributed by atoms with Crippen LogP contribution in [0.4, 0.5) is 0 Å². The molecule has 0 bridgehead atoms. The van der Waals surface area contributed by atoms with Crippen LogP contribution in [-0.4, -0.2) is 68.5 Å². The predicted octanol–water partition coefficient (Wildman–Crippen LogP) is 11.4. The summed E-state index contributed by atoms with van der Waals surface area (Å²) < 4.78 is 23.1. The number of hydrogen-bond donors (Lipinski definition) is 2. The number of nitrogens with one attached hydrogen (secondary N) is 1. The van der Waals surface area contributed by atoms with E-state index < -0.39 is 26.6 Å². The zero-order valence-corrected chi connectivity index (χ0v) is 36.6. The van der Waals surface area contributed by atoms with Gasteiger partial charge < -0.3 is 28.8 Å². The third kappa shape index (κ3) is 38.7. The van der Waals surface area contributed by atoms with Crippen molar-refractivity contribution >= 4 is 13.7 Å². The highest BCUT2D eigenvalue weighted by Crippen LogP contribution is 2.38. The van der Waals surface area contributed by atoms with Crippen LogP contribution in [0.25, 0.3) is 0 Å². The number of amides is 1. The molecule has 9 heteroatoms. The second-order valence-corrected chi connectivity index (χ2v) is 17.4. The Balaban J connectivity index is 4.51. The van der Waals surface area contributed by atoms with Gasteiger partial charge in [-0.3, -0.25) is 9.36 Å². The topological polar surface area (TPSA) is 108 Å². The van der Waals surface area contributed by atoms with Crippen LogP contribution in [0.3, 0.4) is 0 Å². The molecule has 1 amide bonds. The molecule has 0 aliphatic rings. The van der Waals surface area contributed by atoms with E-state index in [2.05, 4.69) is 55.6 Å². The second kappa shape index (κ2) is 37.1. The van der Waals surface area contributed by atoms with Crippen LogP contribution in [0.2, 0.25) is 0 Å². The number of aliphatic hydroxyl groups excluding tert-OH is 1. The van der Waals surface area contributed by atoms with Crippen molar-refractivity contribution in [2.45, 2.75) is 193 Å². The van der Waals surface area contributed by atoms with Gasteiger partial charge >= 0.3 is 0 Å². The molecule has 0 saturated heterocycles. The van der Waals surface area contributed by atoms with Crippen molar-refractivity contribution in [1.29, 1.82) is 0 Å². The number of carbonyl (C=O) groups is 1. The Hall–Kier alpha value is -1.54. The molecule has 2 N–H and O–H groups in total. The van der Waals surface area contributed by atoms with E-state index in [0.717, 1.165) is 64.2 Å². The molecule has 3 unspecified atom stereocenters. The monoisotopic (exact) mass is 781 g/mol. The average molecular weight is 781 g/mol. The SMILES string of the molecule is CCCC/C=C\C/C=C\CCCCCCCC(=O)NC(COP(=O)([O-])OCC[N+](C)(C)C)C(O)/C=C/CC/C=C/CCCCCCCCCCCCCC. The van der Waals surface area contributed by atoms with Crippen LogP contribution in [0.15, 0.2) is 48.6 Å². The van der Waals surface area contributed by atoms with Crippen molar-refractivity contribution in [2.75, 3.05) is 40.9 Å². The number of allylic oxidation sites excluding steroid dienone is 7. The van der Waals surface area contributed by atoms with Gasteiger partial charge in [-0.05, 0) is 57.8 Å². The highest BCUT2D eigenvalue weighted by atomic mass is 31.2. The lowest BCUT2D eigenvalue weighted by Crippen LogP contribution is -2.45. The number of phosphoric ester groups is 1. The molecule has 0 heterocycles. The fourth-order valence-corrected chi connectivity index (χ4v) is 6.67. The first-order valence-electron chi connectivity index (χ1n) is 22.0. The lowest BCUT2D eigenvalue weighted by atomic mass is 10.0. The highest BCUT2D eigenvalue weighted by molar-refractivity contribution is 7.45. The molecular weight excluding hydrogens is 695 g/mol. The smallest absolute Gasteiger partial charge is 0.268 e. The maximum absolute atomic E-state index is 12.8. The minimum absolute atomic E-state index is 0.0106. The van der Waals surface area contributed by atoms with E-state index in [4.69, 9.17) is 9.05 Å². The fourth-order valence-electron chi connectivity index (χ4n) is 5.95. The zero-order chi connectivity index (χ0) is 40.0. The summed E-state index contributed by atoms with van der Waals surface area (Å²) in [4.78, 5) is 25.3. The van der Waals surface area contributed by atoms with Crippen LogP contribution in [0.1, 0.15) is 181 Å². The first-order valence-corrected chi connectivity index (χ1v) is 23.5. The number of aliphatic hydroxyl groups is 1. The number of nitrogens with zero attached hydrogens (tertiary/aromatic N) is 1. The maximum Gasteiger partial charge on any atom is 0.268 e. The fraction of sp³-hybridized carbons (Fsp3) is 0.800. The molecule has 0 rings (SSSR count). The highest BCUT2D eigenvalue weighted by Gasteiger charge is 2.23. The van der Waals surface area contributed by atoms with E-state index in [0.29, 0.717) is 17.4 Å². The standard InChI is InChI=1S/C45H85N2O6P/c1-6-8-10-12-14-16-18-20-22-23-24-25-26-28-30-32-34-36-38-44(48)43(42-53-54(50,51)52-41-40-47(3,4)5)46-45(49)39-37-35-33-31-29-27-21-19-17-15-13-11-9-7-2/h13,15,19,21,28,30,36,38,43-44,48H,6-12,14,16-18,20,22-27,29,31-35,37,39-42H2,1-5H3,(H-,46,49,50,51)/b15-13-,21-19-,30-28+,38-36+. The van der Waals surface area contributed by atoms with Gasteiger partial charge in [-0.15, -0.1) is 0 Å². The molecule has 0 aromatic carbocycles. The van der Waals surface area contributed by atoms with Crippen LogP contribution >= 0.6 is 7.82 Å². The summed E-state index contributed by atoms with van der Waals surface area (Å²) in [7, 11) is 1.23. The predicted molar refractivity (Wildman–Crippen MR) is 228 cm³/mol. The van der Waals surface area contributed by atoms with E-state index in [9.17, 15) is 19.4 Å². The number of likely N-dealkylation sites (N-methyl/N-ethyl adjacent to an activating group) is 1. The molecule has 8 nitrogen and oxygen atoms in total. The van der Waals surface area contributed by atoms with Gasteiger partial charge in [-0.25, -0.2) is 0 Å². The minimum atomic E-state index is -4.60. The summed E-state index contributed by atoms with van der Waals surface area (Å²) in [5.41, 5.74) is 0. The second-order valence-electron chi connectivity index (χ2n) is 16.0. The van der Waals surface area contributed by atoms with Crippen molar-refractivity contribution in [3.05, 3.63) is 48.6 Å². The van der Waals surface area contributed by atoms with E-state index in [-0.39, 0.29) is 12.5 Å². The Labute approximate surface area is 333 Å². The van der Waals surface area contributed by atoms with Gasteiger partial charge in [0, 0.05) is 6.42 Å². The van der Waals surface area contributed by atoms with E-state index >= 15 is 0 Å². The van der Waals surface area contributed by atoms with Crippen molar-refractivity contribution in [2.24, 2.45) is 0 Å². The van der Waals surface area contributed by atoms with Crippen molar-refractivity contribution in [3.63, 3.8) is 0 Å². The molecular formula is C45H85N2O6P. The summed E-state index contributed by atoms with van der Waals surface area (Å²) >= 11 is 0. The molecule has 0 saturated carbocycles. The van der Waals surface area contributed by atoms with Gasteiger partial charge in [-0.1, -0.05) is 165 Å². The molecule has 0 aliphatic carbocycles. The summed E-state index contributed by atoms with van der Waals surface area (Å²) in [6.45, 7) is 4.56. The quantitative estimate of drug-likeness (QED) is 0.0278. The van der Waals surface area contributed by atoms with E-state index in [1.807, 2.05) is 27.2 Å². The third-order valence-corrected chi connectivity index (χ3v) is 10.5. The molecule has 0 radical (unpaired) electrons. The maximum atomic E-state index is 12.8. The van der Waals surface area contributed by atoms with E-state index in [1.165, 1.54) is 96.3 Å². The zero-order valence-electron chi connectivity index (χ0n) is 35.7. The normalized spacial score (nSPS) is 14.9. The van der Waals surface area contributed by atoms with Crippen molar-refractivity contribution < 1.29 is 32.9 Å².